The highest BCUT2D eigenvalue weighted by atomic mass is 32.1. The summed E-state index contributed by atoms with van der Waals surface area (Å²) in [6, 6.07) is 2.36. The van der Waals surface area contributed by atoms with Gasteiger partial charge in [-0.25, -0.2) is 0 Å². The van der Waals surface area contributed by atoms with Crippen LogP contribution in [0, 0.1) is 4.77 Å². The largest absolute Gasteiger partial charge is 0.328 e. The number of thiophene rings is 1. The van der Waals surface area contributed by atoms with Crippen LogP contribution < -0.4 is 0 Å². The molecule has 1 N–H and O–H groups in total. The van der Waals surface area contributed by atoms with E-state index < -0.39 is 0 Å². The molecule has 1 atom stereocenters. The van der Waals surface area contributed by atoms with Gasteiger partial charge >= 0.3 is 0 Å². The van der Waals surface area contributed by atoms with Crippen LogP contribution in [0.2, 0.25) is 0 Å². The van der Waals surface area contributed by atoms with E-state index in [1.165, 1.54) is 5.56 Å². The van der Waals surface area contributed by atoms with E-state index in [-0.39, 0.29) is 6.04 Å². The molecule has 0 saturated heterocycles. The van der Waals surface area contributed by atoms with Gasteiger partial charge in [0.1, 0.15) is 5.52 Å². The second-order valence-corrected chi connectivity index (χ2v) is 5.82. The second-order valence-electron chi connectivity index (χ2n) is 4.66. The third-order valence-corrected chi connectivity index (χ3v) is 4.52. The lowest BCUT2D eigenvalue weighted by molar-refractivity contribution is 0.621. The highest BCUT2D eigenvalue weighted by Gasteiger charge is 2.18. The Labute approximate surface area is 120 Å². The molecule has 100 valence electrons. The van der Waals surface area contributed by atoms with Crippen molar-refractivity contribution in [1.82, 2.24) is 19.3 Å². The number of nitrogens with zero attached hydrogens (tertiary/aromatic N) is 3. The molecule has 0 aliphatic carbocycles. The Balaban J connectivity index is 2.26. The van der Waals surface area contributed by atoms with Crippen LogP contribution in [0.15, 0.2) is 16.8 Å². The molecule has 4 nitrogen and oxygen atoms in total. The number of aromatic nitrogens is 4. The Kier molecular flexibility index (Phi) is 3.06. The molecule has 3 rings (SSSR count). The monoisotopic (exact) mass is 292 g/mol. The molecular formula is C13H16N4S2. The summed E-state index contributed by atoms with van der Waals surface area (Å²) in [5, 5.41) is 8.82. The first-order valence-electron chi connectivity index (χ1n) is 6.31. The molecule has 1 unspecified atom stereocenters. The van der Waals surface area contributed by atoms with Crippen LogP contribution in [0.5, 0.6) is 0 Å². The topological polar surface area (TPSA) is 38.5 Å². The SMILES string of the molecule is CCc1nn(C)c2c1[nH]c(=S)n2C(C)c1ccsc1. The van der Waals surface area contributed by atoms with Crippen molar-refractivity contribution in [3.05, 3.63) is 32.9 Å². The number of rotatable bonds is 3. The molecule has 0 amide bonds. The molecule has 3 aromatic rings. The third-order valence-electron chi connectivity index (χ3n) is 3.52. The first-order chi connectivity index (χ1) is 9.13. The molecule has 0 aliphatic heterocycles. The molecule has 0 radical (unpaired) electrons. The zero-order valence-electron chi connectivity index (χ0n) is 11.2. The van der Waals surface area contributed by atoms with Crippen molar-refractivity contribution in [3.8, 4) is 0 Å². The fourth-order valence-corrected chi connectivity index (χ4v) is 3.60. The molecule has 0 fully saturated rings. The summed E-state index contributed by atoms with van der Waals surface area (Å²) < 4.78 is 4.83. The van der Waals surface area contributed by atoms with Gasteiger partial charge in [-0.2, -0.15) is 16.4 Å². The van der Waals surface area contributed by atoms with Crippen molar-refractivity contribution < 1.29 is 0 Å². The van der Waals surface area contributed by atoms with Gasteiger partial charge < -0.3 is 4.98 Å². The van der Waals surface area contributed by atoms with Gasteiger partial charge in [-0.3, -0.25) is 9.25 Å². The standard InChI is InChI=1S/C13H16N4S2/c1-4-10-11-12(16(3)15-10)17(13(18)14-11)8(2)9-5-6-19-7-9/h5-8H,4H2,1-3H3,(H,14,18). The fourth-order valence-electron chi connectivity index (χ4n) is 2.51. The van der Waals surface area contributed by atoms with Crippen LogP contribution in [-0.4, -0.2) is 19.3 Å². The van der Waals surface area contributed by atoms with Crippen LogP contribution in [0.3, 0.4) is 0 Å². The number of imidazole rings is 1. The number of hydrogen-bond donors (Lipinski definition) is 1. The van der Waals surface area contributed by atoms with Crippen molar-refractivity contribution in [1.29, 1.82) is 0 Å². The molecule has 3 aromatic heterocycles. The first kappa shape index (κ1) is 12.6. The van der Waals surface area contributed by atoms with Crippen LogP contribution >= 0.6 is 23.6 Å². The zero-order chi connectivity index (χ0) is 13.6. The van der Waals surface area contributed by atoms with Gasteiger partial charge in [-0.15, -0.1) is 0 Å². The van der Waals surface area contributed by atoms with Gasteiger partial charge in [0.2, 0.25) is 0 Å². The van der Waals surface area contributed by atoms with E-state index in [9.17, 15) is 0 Å². The van der Waals surface area contributed by atoms with Gasteiger partial charge in [0.25, 0.3) is 0 Å². The summed E-state index contributed by atoms with van der Waals surface area (Å²) >= 11 is 7.20. The molecule has 0 saturated carbocycles. The van der Waals surface area contributed by atoms with E-state index in [2.05, 4.69) is 45.3 Å². The second kappa shape index (κ2) is 4.61. The molecule has 6 heteroatoms. The average Bonchev–Trinajstić information content (AvgIpc) is 3.06. The minimum Gasteiger partial charge on any atom is -0.328 e. The van der Waals surface area contributed by atoms with Crippen LogP contribution in [0.25, 0.3) is 11.2 Å². The van der Waals surface area contributed by atoms with Crippen molar-refractivity contribution in [2.75, 3.05) is 0 Å². The highest BCUT2D eigenvalue weighted by Crippen LogP contribution is 2.27. The molecule has 3 heterocycles. The van der Waals surface area contributed by atoms with Crippen LogP contribution in [0.1, 0.15) is 31.1 Å². The normalized spacial score (nSPS) is 13.2. The highest BCUT2D eigenvalue weighted by molar-refractivity contribution is 7.71. The molecule has 0 bridgehead atoms. The van der Waals surface area contributed by atoms with Crippen LogP contribution in [0.4, 0.5) is 0 Å². The predicted octanol–water partition coefficient (Wildman–Crippen LogP) is 3.67. The lowest BCUT2D eigenvalue weighted by Crippen LogP contribution is -2.09. The Bertz CT molecular complexity index is 761. The Morgan fingerprint density at radius 1 is 1.53 bits per heavy atom. The van der Waals surface area contributed by atoms with Gasteiger partial charge in [0, 0.05) is 7.05 Å². The third kappa shape index (κ3) is 1.86. The number of H-pyrrole nitrogens is 1. The van der Waals surface area contributed by atoms with E-state index in [0.29, 0.717) is 0 Å². The summed E-state index contributed by atoms with van der Waals surface area (Å²) in [5.74, 6) is 0. The fraction of sp³-hybridized carbons (Fsp3) is 0.385. The smallest absolute Gasteiger partial charge is 0.179 e. The maximum Gasteiger partial charge on any atom is 0.179 e. The van der Waals surface area contributed by atoms with Gasteiger partial charge in [-0.1, -0.05) is 6.92 Å². The summed E-state index contributed by atoms with van der Waals surface area (Å²) in [5.41, 5.74) is 4.48. The number of aromatic amines is 1. The van der Waals surface area contributed by atoms with Crippen LogP contribution in [-0.2, 0) is 13.5 Å². The Morgan fingerprint density at radius 3 is 2.95 bits per heavy atom. The van der Waals surface area contributed by atoms with Crippen molar-refractivity contribution in [3.63, 3.8) is 0 Å². The first-order valence-corrected chi connectivity index (χ1v) is 7.66. The average molecular weight is 292 g/mol. The number of aryl methyl sites for hydroxylation is 2. The van der Waals surface area contributed by atoms with Crippen molar-refractivity contribution >= 4 is 34.7 Å². The lowest BCUT2D eigenvalue weighted by atomic mass is 10.2. The maximum absolute atomic E-state index is 5.49. The lowest BCUT2D eigenvalue weighted by Gasteiger charge is -2.13. The molecule has 0 spiro atoms. The van der Waals surface area contributed by atoms with E-state index in [1.807, 2.05) is 11.7 Å². The van der Waals surface area contributed by atoms with E-state index in [1.54, 1.807) is 11.3 Å². The summed E-state index contributed by atoms with van der Waals surface area (Å²) in [4.78, 5) is 3.31. The Hall–Kier alpha value is -1.40. The Morgan fingerprint density at radius 2 is 2.32 bits per heavy atom. The quantitative estimate of drug-likeness (QED) is 0.748. The minimum atomic E-state index is 0.215. The molecular weight excluding hydrogens is 276 g/mol. The summed E-state index contributed by atoms with van der Waals surface area (Å²) in [6.45, 7) is 4.28. The van der Waals surface area contributed by atoms with Gasteiger partial charge in [0.05, 0.1) is 11.7 Å². The predicted molar refractivity (Wildman–Crippen MR) is 81.4 cm³/mol. The molecule has 19 heavy (non-hydrogen) atoms. The summed E-state index contributed by atoms with van der Waals surface area (Å²) in [7, 11) is 1.97. The number of hydrogen-bond acceptors (Lipinski definition) is 3. The zero-order valence-corrected chi connectivity index (χ0v) is 12.8. The molecule has 0 aliphatic rings. The van der Waals surface area contributed by atoms with E-state index >= 15 is 0 Å². The van der Waals surface area contributed by atoms with E-state index in [0.717, 1.165) is 28.0 Å². The van der Waals surface area contributed by atoms with Gasteiger partial charge in [-0.05, 0) is 48.0 Å². The van der Waals surface area contributed by atoms with E-state index in [4.69, 9.17) is 12.2 Å². The number of nitrogens with one attached hydrogen (secondary N) is 1. The summed E-state index contributed by atoms with van der Waals surface area (Å²) in [6.07, 6.45) is 0.902. The molecule has 0 aromatic carbocycles. The van der Waals surface area contributed by atoms with Crippen molar-refractivity contribution in [2.45, 2.75) is 26.3 Å². The minimum absolute atomic E-state index is 0.215. The van der Waals surface area contributed by atoms with Gasteiger partial charge in [0.15, 0.2) is 10.4 Å². The van der Waals surface area contributed by atoms with Crippen molar-refractivity contribution in [2.24, 2.45) is 7.05 Å². The number of fused-ring (bicyclic) bond motifs is 1. The maximum atomic E-state index is 5.49.